The van der Waals surface area contributed by atoms with Crippen molar-refractivity contribution in [1.29, 1.82) is 0 Å². The van der Waals surface area contributed by atoms with E-state index in [-0.39, 0.29) is 6.61 Å². The number of rotatable bonds is 5. The molecule has 0 aliphatic heterocycles. The van der Waals surface area contributed by atoms with Gasteiger partial charge >= 0.3 is 0 Å². The molecule has 0 bridgehead atoms. The van der Waals surface area contributed by atoms with Gasteiger partial charge in [-0.3, -0.25) is 0 Å². The van der Waals surface area contributed by atoms with Crippen molar-refractivity contribution >= 4 is 11.6 Å². The molecule has 1 N–H and O–H groups in total. The van der Waals surface area contributed by atoms with Crippen LogP contribution >= 0.6 is 11.6 Å². The number of hydrogen-bond donors (Lipinski definition) is 1. The number of aliphatic hydroxyl groups is 1. The smallest absolute Gasteiger partial charge is 0.162 e. The normalized spacial score (nSPS) is 10.1. The zero-order valence-electron chi connectivity index (χ0n) is 8.92. The van der Waals surface area contributed by atoms with Crippen LogP contribution in [0.4, 0.5) is 0 Å². The van der Waals surface area contributed by atoms with Gasteiger partial charge in [0.1, 0.15) is 0 Å². The Balaban J connectivity index is 3.07. The molecule has 0 saturated carbocycles. The van der Waals surface area contributed by atoms with Crippen LogP contribution in [0.25, 0.3) is 0 Å². The van der Waals surface area contributed by atoms with E-state index < -0.39 is 0 Å². The molecule has 0 aliphatic carbocycles. The Morgan fingerprint density at radius 1 is 1.13 bits per heavy atom. The second-order valence-corrected chi connectivity index (χ2v) is 3.32. The van der Waals surface area contributed by atoms with Crippen molar-refractivity contribution in [3.05, 3.63) is 22.7 Å². The summed E-state index contributed by atoms with van der Waals surface area (Å²) in [7, 11) is 0. The molecule has 1 rings (SSSR count). The fraction of sp³-hybridized carbons (Fsp3) is 0.455. The van der Waals surface area contributed by atoms with Gasteiger partial charge in [-0.2, -0.15) is 0 Å². The molecule has 4 heteroatoms. The van der Waals surface area contributed by atoms with Crippen LogP contribution < -0.4 is 9.47 Å². The number of ether oxygens (including phenoxy) is 2. The first-order chi connectivity index (χ1) is 7.22. The van der Waals surface area contributed by atoms with Gasteiger partial charge in [0.25, 0.3) is 0 Å². The summed E-state index contributed by atoms with van der Waals surface area (Å²) in [6.07, 6.45) is 0. The predicted molar refractivity (Wildman–Crippen MR) is 59.7 cm³/mol. The molecule has 0 aromatic heterocycles. The summed E-state index contributed by atoms with van der Waals surface area (Å²) in [6.45, 7) is 4.78. The van der Waals surface area contributed by atoms with E-state index in [9.17, 15) is 0 Å². The summed E-state index contributed by atoms with van der Waals surface area (Å²) in [4.78, 5) is 0. The third kappa shape index (κ3) is 3.01. The number of aliphatic hydroxyl groups excluding tert-OH is 1. The molecule has 0 heterocycles. The zero-order chi connectivity index (χ0) is 11.3. The Hall–Kier alpha value is -0.930. The molecule has 1 aromatic rings. The van der Waals surface area contributed by atoms with E-state index in [4.69, 9.17) is 26.2 Å². The summed E-state index contributed by atoms with van der Waals surface area (Å²) in [6, 6.07) is 3.37. The molecular formula is C11H15ClO3. The molecule has 1 aromatic carbocycles. The second-order valence-electron chi connectivity index (χ2n) is 2.91. The summed E-state index contributed by atoms with van der Waals surface area (Å²) in [5.41, 5.74) is 0.642. The van der Waals surface area contributed by atoms with Crippen molar-refractivity contribution in [2.75, 3.05) is 13.2 Å². The summed E-state index contributed by atoms with van der Waals surface area (Å²) < 4.78 is 10.8. The monoisotopic (exact) mass is 230 g/mol. The molecule has 0 amide bonds. The fourth-order valence-corrected chi connectivity index (χ4v) is 1.45. The minimum absolute atomic E-state index is 0.106. The Labute approximate surface area is 94.6 Å². The maximum Gasteiger partial charge on any atom is 0.162 e. The average Bonchev–Trinajstić information content (AvgIpc) is 2.22. The molecule has 15 heavy (non-hydrogen) atoms. The number of halogens is 1. The minimum atomic E-state index is -0.106. The van der Waals surface area contributed by atoms with E-state index >= 15 is 0 Å². The van der Waals surface area contributed by atoms with Crippen molar-refractivity contribution in [2.45, 2.75) is 20.5 Å². The van der Waals surface area contributed by atoms with Crippen LogP contribution in [-0.2, 0) is 6.61 Å². The lowest BCUT2D eigenvalue weighted by atomic mass is 10.2. The molecule has 0 spiro atoms. The highest BCUT2D eigenvalue weighted by Crippen LogP contribution is 2.33. The van der Waals surface area contributed by atoms with E-state index in [0.29, 0.717) is 35.3 Å². The molecule has 0 saturated heterocycles. The highest BCUT2D eigenvalue weighted by Gasteiger charge is 2.09. The van der Waals surface area contributed by atoms with Crippen LogP contribution in [-0.4, -0.2) is 18.3 Å². The van der Waals surface area contributed by atoms with Crippen LogP contribution in [0.15, 0.2) is 12.1 Å². The maximum absolute atomic E-state index is 9.05. The van der Waals surface area contributed by atoms with Crippen molar-refractivity contribution in [3.8, 4) is 11.5 Å². The zero-order valence-corrected chi connectivity index (χ0v) is 9.67. The number of hydrogen-bond acceptors (Lipinski definition) is 3. The Morgan fingerprint density at radius 2 is 1.67 bits per heavy atom. The molecule has 0 unspecified atom stereocenters. The summed E-state index contributed by atoms with van der Waals surface area (Å²) in [5.74, 6) is 1.23. The Bertz CT molecular complexity index is 326. The Morgan fingerprint density at radius 3 is 2.13 bits per heavy atom. The first kappa shape index (κ1) is 12.1. The van der Waals surface area contributed by atoms with E-state index in [1.807, 2.05) is 13.8 Å². The highest BCUT2D eigenvalue weighted by atomic mass is 35.5. The maximum atomic E-state index is 9.05. The lowest BCUT2D eigenvalue weighted by Gasteiger charge is -2.12. The second kappa shape index (κ2) is 5.83. The molecule has 0 atom stereocenters. The third-order valence-electron chi connectivity index (χ3n) is 1.88. The lowest BCUT2D eigenvalue weighted by Crippen LogP contribution is -2.00. The van der Waals surface area contributed by atoms with Crippen LogP contribution in [0.5, 0.6) is 11.5 Å². The molecule has 0 fully saturated rings. The SMILES string of the molecule is CCOc1cc(Cl)c(CO)cc1OCC. The van der Waals surface area contributed by atoms with Crippen LogP contribution in [0, 0.1) is 0 Å². The minimum Gasteiger partial charge on any atom is -0.490 e. The van der Waals surface area contributed by atoms with Crippen molar-refractivity contribution < 1.29 is 14.6 Å². The Kier molecular flexibility index (Phi) is 4.72. The van der Waals surface area contributed by atoms with Gasteiger partial charge in [-0.25, -0.2) is 0 Å². The van der Waals surface area contributed by atoms with E-state index in [2.05, 4.69) is 0 Å². The van der Waals surface area contributed by atoms with Crippen LogP contribution in [0.3, 0.4) is 0 Å². The van der Waals surface area contributed by atoms with Gasteiger partial charge < -0.3 is 14.6 Å². The van der Waals surface area contributed by atoms with Crippen molar-refractivity contribution in [2.24, 2.45) is 0 Å². The fourth-order valence-electron chi connectivity index (χ4n) is 1.24. The van der Waals surface area contributed by atoms with Gasteiger partial charge in [0.05, 0.1) is 24.8 Å². The standard InChI is InChI=1S/C11H15ClO3/c1-3-14-10-5-8(7-13)9(12)6-11(10)15-4-2/h5-6,13H,3-4,7H2,1-2H3. The van der Waals surface area contributed by atoms with E-state index in [1.165, 1.54) is 0 Å². The van der Waals surface area contributed by atoms with Gasteiger partial charge in [0, 0.05) is 6.07 Å². The van der Waals surface area contributed by atoms with Gasteiger partial charge in [-0.1, -0.05) is 11.6 Å². The quantitative estimate of drug-likeness (QED) is 0.845. The topological polar surface area (TPSA) is 38.7 Å². The lowest BCUT2D eigenvalue weighted by molar-refractivity contribution is 0.273. The largest absolute Gasteiger partial charge is 0.490 e. The molecule has 0 aliphatic rings. The first-order valence-corrected chi connectivity index (χ1v) is 5.29. The third-order valence-corrected chi connectivity index (χ3v) is 2.23. The molecular weight excluding hydrogens is 216 g/mol. The van der Waals surface area contributed by atoms with Gasteiger partial charge in [0.15, 0.2) is 11.5 Å². The van der Waals surface area contributed by atoms with Gasteiger partial charge in [0.2, 0.25) is 0 Å². The van der Waals surface area contributed by atoms with E-state index in [1.54, 1.807) is 12.1 Å². The summed E-state index contributed by atoms with van der Waals surface area (Å²) >= 11 is 5.94. The number of benzene rings is 1. The van der Waals surface area contributed by atoms with Crippen molar-refractivity contribution in [3.63, 3.8) is 0 Å². The average molecular weight is 231 g/mol. The van der Waals surface area contributed by atoms with Crippen molar-refractivity contribution in [1.82, 2.24) is 0 Å². The molecule has 84 valence electrons. The predicted octanol–water partition coefficient (Wildman–Crippen LogP) is 2.63. The molecule has 0 radical (unpaired) electrons. The first-order valence-electron chi connectivity index (χ1n) is 4.91. The molecule has 3 nitrogen and oxygen atoms in total. The van der Waals surface area contributed by atoms with E-state index in [0.717, 1.165) is 0 Å². The highest BCUT2D eigenvalue weighted by molar-refractivity contribution is 6.31. The van der Waals surface area contributed by atoms with Gasteiger partial charge in [-0.15, -0.1) is 0 Å². The van der Waals surface area contributed by atoms with Crippen LogP contribution in [0.1, 0.15) is 19.4 Å². The summed E-state index contributed by atoms with van der Waals surface area (Å²) in [5, 5.41) is 9.54. The van der Waals surface area contributed by atoms with Gasteiger partial charge in [-0.05, 0) is 25.5 Å². The van der Waals surface area contributed by atoms with Crippen LogP contribution in [0.2, 0.25) is 5.02 Å².